The van der Waals surface area contributed by atoms with E-state index in [0.717, 1.165) is 13.0 Å². The van der Waals surface area contributed by atoms with Crippen LogP contribution in [0.15, 0.2) is 0 Å². The van der Waals surface area contributed by atoms with E-state index in [1.54, 1.807) is 4.90 Å². The van der Waals surface area contributed by atoms with E-state index >= 15 is 0 Å². The molecule has 0 bridgehead atoms. The number of likely N-dealkylation sites (tertiary alicyclic amines) is 1. The van der Waals surface area contributed by atoms with E-state index in [1.807, 2.05) is 20.8 Å². The summed E-state index contributed by atoms with van der Waals surface area (Å²) in [6.07, 6.45) is 0.743. The Kier molecular flexibility index (Phi) is 2.31. The molecule has 0 aromatic carbocycles. The molecule has 1 aliphatic rings. The Labute approximate surface area is 73.7 Å². The van der Waals surface area contributed by atoms with Gasteiger partial charge < -0.3 is 9.64 Å². The Bertz CT molecular complexity index is 183. The van der Waals surface area contributed by atoms with Crippen LogP contribution in [0.2, 0.25) is 0 Å². The van der Waals surface area contributed by atoms with Crippen LogP contribution in [0, 0.1) is 6.92 Å². The van der Waals surface area contributed by atoms with Gasteiger partial charge in [-0.25, -0.2) is 4.79 Å². The lowest BCUT2D eigenvalue weighted by atomic mass is 10.1. The summed E-state index contributed by atoms with van der Waals surface area (Å²) in [5, 5.41) is 0. The number of hydrogen-bond donors (Lipinski definition) is 0. The Morgan fingerprint density at radius 3 is 2.42 bits per heavy atom. The second kappa shape index (κ2) is 2.96. The van der Waals surface area contributed by atoms with Gasteiger partial charge in [-0.1, -0.05) is 0 Å². The highest BCUT2D eigenvalue weighted by Crippen LogP contribution is 2.19. The molecule has 0 spiro atoms. The molecule has 1 saturated heterocycles. The molecule has 1 aliphatic heterocycles. The highest BCUT2D eigenvalue weighted by molar-refractivity contribution is 5.69. The molecule has 1 fully saturated rings. The van der Waals surface area contributed by atoms with E-state index in [1.165, 1.54) is 0 Å². The van der Waals surface area contributed by atoms with Gasteiger partial charge in [0.15, 0.2) is 0 Å². The number of carbonyl (C=O) groups excluding carboxylic acids is 1. The molecule has 3 nitrogen and oxygen atoms in total. The van der Waals surface area contributed by atoms with Crippen LogP contribution in [0.4, 0.5) is 4.79 Å². The zero-order valence-corrected chi connectivity index (χ0v) is 7.96. The minimum absolute atomic E-state index is 0.111. The van der Waals surface area contributed by atoms with E-state index in [2.05, 4.69) is 6.92 Å². The normalized spacial score (nSPS) is 23.3. The molecule has 0 aromatic rings. The van der Waals surface area contributed by atoms with Gasteiger partial charge in [-0.15, -0.1) is 0 Å². The van der Waals surface area contributed by atoms with Crippen LogP contribution in [-0.4, -0.2) is 29.2 Å². The van der Waals surface area contributed by atoms with Crippen LogP contribution < -0.4 is 0 Å². The number of rotatable bonds is 0. The maximum Gasteiger partial charge on any atom is 0.410 e. The zero-order valence-electron chi connectivity index (χ0n) is 7.96. The van der Waals surface area contributed by atoms with Crippen molar-refractivity contribution in [1.82, 2.24) is 4.90 Å². The number of ether oxygens (including phenoxy) is 1. The number of nitrogens with zero attached hydrogens (tertiary/aromatic N) is 1. The first-order valence-corrected chi connectivity index (χ1v) is 4.23. The van der Waals surface area contributed by atoms with E-state index in [-0.39, 0.29) is 12.1 Å². The molecule has 1 amide bonds. The van der Waals surface area contributed by atoms with Gasteiger partial charge in [-0.3, -0.25) is 0 Å². The first-order valence-electron chi connectivity index (χ1n) is 4.23. The Hall–Kier alpha value is -0.730. The van der Waals surface area contributed by atoms with Crippen molar-refractivity contribution in [3.8, 4) is 0 Å². The van der Waals surface area contributed by atoms with Crippen molar-refractivity contribution in [2.45, 2.75) is 38.8 Å². The van der Waals surface area contributed by atoms with Crippen molar-refractivity contribution >= 4 is 6.09 Å². The summed E-state index contributed by atoms with van der Waals surface area (Å²) in [7, 11) is 0. The highest BCUT2D eigenvalue weighted by atomic mass is 16.6. The molecule has 1 atom stereocenters. The summed E-state index contributed by atoms with van der Waals surface area (Å²) < 4.78 is 5.16. The van der Waals surface area contributed by atoms with Gasteiger partial charge in [-0.05, 0) is 34.1 Å². The Balaban J connectivity index is 2.39. The lowest BCUT2D eigenvalue weighted by Crippen LogP contribution is -2.51. The maximum atomic E-state index is 11.3. The molecule has 1 heterocycles. The fourth-order valence-corrected chi connectivity index (χ4v) is 1.00. The van der Waals surface area contributed by atoms with Crippen LogP contribution in [0.5, 0.6) is 0 Å². The van der Waals surface area contributed by atoms with Crippen molar-refractivity contribution in [3.63, 3.8) is 0 Å². The fourth-order valence-electron chi connectivity index (χ4n) is 1.00. The molecule has 0 aliphatic carbocycles. The molecule has 3 heteroatoms. The van der Waals surface area contributed by atoms with Gasteiger partial charge in [0.05, 0.1) is 0 Å². The van der Waals surface area contributed by atoms with Crippen LogP contribution in [-0.2, 0) is 4.74 Å². The summed E-state index contributed by atoms with van der Waals surface area (Å²) >= 11 is 0. The third-order valence-electron chi connectivity index (χ3n) is 1.77. The quantitative estimate of drug-likeness (QED) is 0.555. The molecule has 12 heavy (non-hydrogen) atoms. The molecule has 1 unspecified atom stereocenters. The van der Waals surface area contributed by atoms with Gasteiger partial charge >= 0.3 is 6.09 Å². The summed E-state index contributed by atoms with van der Waals surface area (Å²) in [6, 6.07) is 0.111. The topological polar surface area (TPSA) is 29.5 Å². The van der Waals surface area contributed by atoms with Gasteiger partial charge in [0, 0.05) is 12.6 Å². The third kappa shape index (κ3) is 2.13. The minimum atomic E-state index is -0.396. The minimum Gasteiger partial charge on any atom is -0.444 e. The lowest BCUT2D eigenvalue weighted by Gasteiger charge is -2.39. The largest absolute Gasteiger partial charge is 0.444 e. The van der Waals surface area contributed by atoms with Gasteiger partial charge in [-0.2, -0.15) is 0 Å². The molecule has 0 aromatic heterocycles. The SMILES string of the molecule is [CH2]C1CCN1C(=O)OC(C)(C)C. The first kappa shape index (κ1) is 9.36. The third-order valence-corrected chi connectivity index (χ3v) is 1.77. The number of amides is 1. The van der Waals surface area contributed by atoms with Crippen molar-refractivity contribution in [3.05, 3.63) is 6.92 Å². The Morgan fingerprint density at radius 2 is 2.17 bits per heavy atom. The Morgan fingerprint density at radius 1 is 1.58 bits per heavy atom. The van der Waals surface area contributed by atoms with Gasteiger partial charge in [0.25, 0.3) is 0 Å². The monoisotopic (exact) mass is 170 g/mol. The molecule has 1 radical (unpaired) electrons. The predicted molar refractivity (Wildman–Crippen MR) is 46.7 cm³/mol. The van der Waals surface area contributed by atoms with Crippen LogP contribution in [0.25, 0.3) is 0 Å². The molecular formula is C9H16NO2. The second-order valence-electron chi connectivity index (χ2n) is 4.12. The smallest absolute Gasteiger partial charge is 0.410 e. The highest BCUT2D eigenvalue weighted by Gasteiger charge is 2.31. The summed E-state index contributed by atoms with van der Waals surface area (Å²) in [4.78, 5) is 13.0. The predicted octanol–water partition coefficient (Wildman–Crippen LogP) is 1.83. The summed E-state index contributed by atoms with van der Waals surface area (Å²) in [5.41, 5.74) is -0.396. The molecular weight excluding hydrogens is 154 g/mol. The maximum absolute atomic E-state index is 11.3. The van der Waals surface area contributed by atoms with Crippen LogP contribution in [0.3, 0.4) is 0 Å². The van der Waals surface area contributed by atoms with Crippen molar-refractivity contribution in [2.75, 3.05) is 6.54 Å². The van der Waals surface area contributed by atoms with E-state index in [4.69, 9.17) is 4.74 Å². The zero-order chi connectivity index (χ0) is 9.35. The van der Waals surface area contributed by atoms with Crippen LogP contribution in [0.1, 0.15) is 27.2 Å². The summed E-state index contributed by atoms with van der Waals surface area (Å²) in [5.74, 6) is 0. The van der Waals surface area contributed by atoms with Gasteiger partial charge in [0.1, 0.15) is 5.60 Å². The standard InChI is InChI=1S/C9H16NO2/c1-7-5-6-10(7)8(11)12-9(2,3)4/h7H,1,5-6H2,2-4H3. The molecule has 1 rings (SSSR count). The molecule has 0 N–H and O–H groups in total. The van der Waals surface area contributed by atoms with E-state index < -0.39 is 5.60 Å². The average Bonchev–Trinajstić information content (AvgIpc) is 1.79. The first-order chi connectivity index (χ1) is 5.40. The molecule has 69 valence electrons. The van der Waals surface area contributed by atoms with E-state index in [9.17, 15) is 4.79 Å². The number of hydrogen-bond acceptors (Lipinski definition) is 2. The summed E-state index contributed by atoms with van der Waals surface area (Å²) in [6.45, 7) is 10.2. The van der Waals surface area contributed by atoms with Crippen molar-refractivity contribution in [2.24, 2.45) is 0 Å². The number of carbonyl (C=O) groups is 1. The average molecular weight is 170 g/mol. The molecule has 0 saturated carbocycles. The second-order valence-corrected chi connectivity index (χ2v) is 4.12. The van der Waals surface area contributed by atoms with E-state index in [0.29, 0.717) is 0 Å². The lowest BCUT2D eigenvalue weighted by molar-refractivity contribution is 0.00240. The van der Waals surface area contributed by atoms with Crippen molar-refractivity contribution in [1.29, 1.82) is 0 Å². The van der Waals surface area contributed by atoms with Crippen LogP contribution >= 0.6 is 0 Å². The van der Waals surface area contributed by atoms with Crippen molar-refractivity contribution < 1.29 is 9.53 Å². The fraction of sp³-hybridized carbons (Fsp3) is 0.778. The van der Waals surface area contributed by atoms with Gasteiger partial charge in [0.2, 0.25) is 0 Å².